The smallest absolute Gasteiger partial charge is 0.221 e. The quantitative estimate of drug-likeness (QED) is 0.555. The lowest BCUT2D eigenvalue weighted by atomic mass is 9.97. The second-order valence-corrected chi connectivity index (χ2v) is 3.05. The number of rotatable bonds is 6. The summed E-state index contributed by atoms with van der Waals surface area (Å²) in [6.07, 6.45) is -0.134. The van der Waals surface area contributed by atoms with Gasteiger partial charge in [-0.25, -0.2) is 0 Å². The SMILES string of the molecule is CC(=O)C(CC(=O)NCCO)C(C)=O. The summed E-state index contributed by atoms with van der Waals surface area (Å²) in [7, 11) is 0. The number of carbonyl (C=O) groups is 3. The van der Waals surface area contributed by atoms with Gasteiger partial charge in [0, 0.05) is 13.0 Å². The van der Waals surface area contributed by atoms with Crippen molar-refractivity contribution in [2.45, 2.75) is 20.3 Å². The van der Waals surface area contributed by atoms with E-state index in [0.29, 0.717) is 0 Å². The molecule has 0 unspecified atom stereocenters. The van der Waals surface area contributed by atoms with Crippen LogP contribution in [0.1, 0.15) is 20.3 Å². The van der Waals surface area contributed by atoms with Crippen LogP contribution >= 0.6 is 0 Å². The molecule has 0 aliphatic carbocycles. The van der Waals surface area contributed by atoms with E-state index in [1.807, 2.05) is 0 Å². The van der Waals surface area contributed by atoms with Crippen molar-refractivity contribution in [3.63, 3.8) is 0 Å². The van der Waals surface area contributed by atoms with Gasteiger partial charge in [0.2, 0.25) is 5.91 Å². The van der Waals surface area contributed by atoms with Gasteiger partial charge in [0.05, 0.1) is 12.5 Å². The van der Waals surface area contributed by atoms with Crippen molar-refractivity contribution in [3.05, 3.63) is 0 Å². The summed E-state index contributed by atoms with van der Waals surface area (Å²) in [6, 6.07) is 0. The lowest BCUT2D eigenvalue weighted by Gasteiger charge is -2.09. The van der Waals surface area contributed by atoms with E-state index in [1.165, 1.54) is 13.8 Å². The first kappa shape index (κ1) is 12.8. The molecule has 0 saturated heterocycles. The average Bonchev–Trinajstić information content (AvgIpc) is 2.09. The van der Waals surface area contributed by atoms with Crippen molar-refractivity contribution in [1.82, 2.24) is 5.32 Å². The van der Waals surface area contributed by atoms with Crippen LogP contribution in [-0.2, 0) is 14.4 Å². The van der Waals surface area contributed by atoms with Crippen molar-refractivity contribution in [2.75, 3.05) is 13.2 Å². The molecule has 2 N–H and O–H groups in total. The van der Waals surface area contributed by atoms with E-state index < -0.39 is 11.8 Å². The predicted octanol–water partition coefficient (Wildman–Crippen LogP) is -0.721. The highest BCUT2D eigenvalue weighted by molar-refractivity contribution is 6.03. The molecule has 0 aromatic carbocycles. The molecule has 0 aliphatic rings. The third kappa shape index (κ3) is 4.71. The number of amides is 1. The molecule has 1 amide bonds. The topological polar surface area (TPSA) is 83.5 Å². The minimum absolute atomic E-state index is 0.134. The predicted molar refractivity (Wildman–Crippen MR) is 49.6 cm³/mol. The Morgan fingerprint density at radius 1 is 1.21 bits per heavy atom. The zero-order valence-electron chi connectivity index (χ0n) is 8.37. The maximum absolute atomic E-state index is 11.1. The first-order chi connectivity index (χ1) is 6.49. The molecule has 0 aromatic rings. The van der Waals surface area contributed by atoms with E-state index in [-0.39, 0.29) is 31.1 Å². The highest BCUT2D eigenvalue weighted by Crippen LogP contribution is 2.05. The molecule has 0 atom stereocenters. The average molecular weight is 201 g/mol. The van der Waals surface area contributed by atoms with Crippen LogP contribution < -0.4 is 5.32 Å². The Morgan fingerprint density at radius 2 is 1.71 bits per heavy atom. The fraction of sp³-hybridized carbons (Fsp3) is 0.667. The highest BCUT2D eigenvalue weighted by atomic mass is 16.3. The summed E-state index contributed by atoms with van der Waals surface area (Å²) in [6.45, 7) is 2.55. The second kappa shape index (κ2) is 6.26. The molecule has 0 spiro atoms. The van der Waals surface area contributed by atoms with E-state index in [4.69, 9.17) is 5.11 Å². The summed E-state index contributed by atoms with van der Waals surface area (Å²) in [5.41, 5.74) is 0. The van der Waals surface area contributed by atoms with Crippen molar-refractivity contribution in [3.8, 4) is 0 Å². The molecule has 80 valence electrons. The van der Waals surface area contributed by atoms with Gasteiger partial charge in [0.1, 0.15) is 11.6 Å². The molecule has 0 fully saturated rings. The Bertz CT molecular complexity index is 223. The van der Waals surface area contributed by atoms with Gasteiger partial charge in [-0.2, -0.15) is 0 Å². The van der Waals surface area contributed by atoms with E-state index in [9.17, 15) is 14.4 Å². The van der Waals surface area contributed by atoms with Gasteiger partial charge in [0.15, 0.2) is 0 Å². The number of aliphatic hydroxyl groups is 1. The van der Waals surface area contributed by atoms with Crippen molar-refractivity contribution < 1.29 is 19.5 Å². The number of hydrogen-bond donors (Lipinski definition) is 2. The van der Waals surface area contributed by atoms with Crippen LogP contribution in [0.4, 0.5) is 0 Å². The normalized spacial score (nSPS) is 10.0. The van der Waals surface area contributed by atoms with Gasteiger partial charge in [-0.1, -0.05) is 0 Å². The highest BCUT2D eigenvalue weighted by Gasteiger charge is 2.22. The molecule has 0 radical (unpaired) electrons. The van der Waals surface area contributed by atoms with Crippen LogP contribution in [0, 0.1) is 5.92 Å². The van der Waals surface area contributed by atoms with Crippen LogP contribution in [-0.4, -0.2) is 35.7 Å². The largest absolute Gasteiger partial charge is 0.395 e. The van der Waals surface area contributed by atoms with Crippen LogP contribution in [0.25, 0.3) is 0 Å². The number of carbonyl (C=O) groups excluding carboxylic acids is 3. The molecule has 5 heteroatoms. The van der Waals surface area contributed by atoms with Crippen LogP contribution in [0.3, 0.4) is 0 Å². The van der Waals surface area contributed by atoms with Crippen molar-refractivity contribution in [1.29, 1.82) is 0 Å². The van der Waals surface area contributed by atoms with Crippen molar-refractivity contribution in [2.24, 2.45) is 5.92 Å². The fourth-order valence-corrected chi connectivity index (χ4v) is 1.03. The molecule has 0 saturated carbocycles. The Kier molecular flexibility index (Phi) is 5.71. The number of ketones is 2. The summed E-state index contributed by atoms with van der Waals surface area (Å²) in [4.78, 5) is 33.0. The number of aliphatic hydroxyl groups excluding tert-OH is 1. The zero-order chi connectivity index (χ0) is 11.1. The number of nitrogens with one attached hydrogen (secondary N) is 1. The lowest BCUT2D eigenvalue weighted by Crippen LogP contribution is -2.32. The Morgan fingerprint density at radius 3 is 2.07 bits per heavy atom. The fourth-order valence-electron chi connectivity index (χ4n) is 1.03. The van der Waals surface area contributed by atoms with E-state index in [1.54, 1.807) is 0 Å². The summed E-state index contributed by atoms with van der Waals surface area (Å²) >= 11 is 0. The van der Waals surface area contributed by atoms with Crippen LogP contribution in [0.5, 0.6) is 0 Å². The molecule has 0 aliphatic heterocycles. The molecule has 0 bridgehead atoms. The van der Waals surface area contributed by atoms with Crippen LogP contribution in [0.15, 0.2) is 0 Å². The summed E-state index contributed by atoms with van der Waals surface area (Å²) < 4.78 is 0. The maximum atomic E-state index is 11.1. The third-order valence-corrected chi connectivity index (χ3v) is 1.80. The third-order valence-electron chi connectivity index (χ3n) is 1.80. The van der Waals surface area contributed by atoms with Gasteiger partial charge in [-0.05, 0) is 13.8 Å². The zero-order valence-corrected chi connectivity index (χ0v) is 8.37. The minimum Gasteiger partial charge on any atom is -0.395 e. The maximum Gasteiger partial charge on any atom is 0.221 e. The lowest BCUT2D eigenvalue weighted by molar-refractivity contribution is -0.135. The molecule has 0 aromatic heterocycles. The van der Waals surface area contributed by atoms with Gasteiger partial charge in [0.25, 0.3) is 0 Å². The molecular weight excluding hydrogens is 186 g/mol. The second-order valence-electron chi connectivity index (χ2n) is 3.05. The van der Waals surface area contributed by atoms with Gasteiger partial charge in [-0.15, -0.1) is 0 Å². The van der Waals surface area contributed by atoms with Crippen LogP contribution in [0.2, 0.25) is 0 Å². The molecule has 0 heterocycles. The first-order valence-corrected chi connectivity index (χ1v) is 4.37. The Balaban J connectivity index is 4.10. The molecule has 14 heavy (non-hydrogen) atoms. The Labute approximate surface area is 82.5 Å². The summed E-state index contributed by atoms with van der Waals surface area (Å²) in [5, 5.41) is 10.8. The number of hydrogen-bond acceptors (Lipinski definition) is 4. The van der Waals surface area contributed by atoms with E-state index >= 15 is 0 Å². The Hall–Kier alpha value is -1.23. The minimum atomic E-state index is -0.853. The van der Waals surface area contributed by atoms with Gasteiger partial charge < -0.3 is 10.4 Å². The first-order valence-electron chi connectivity index (χ1n) is 4.37. The summed E-state index contributed by atoms with van der Waals surface area (Å²) in [5.74, 6) is -1.86. The van der Waals surface area contributed by atoms with Crippen molar-refractivity contribution >= 4 is 17.5 Å². The molecule has 0 rings (SSSR count). The monoisotopic (exact) mass is 201 g/mol. The molecular formula is C9H15NO4. The van der Waals surface area contributed by atoms with E-state index in [0.717, 1.165) is 0 Å². The van der Waals surface area contributed by atoms with Gasteiger partial charge >= 0.3 is 0 Å². The standard InChI is InChI=1S/C9H15NO4/c1-6(12)8(7(2)13)5-9(14)10-3-4-11/h8,11H,3-5H2,1-2H3,(H,10,14). The van der Waals surface area contributed by atoms with E-state index in [2.05, 4.69) is 5.32 Å². The number of Topliss-reactive ketones (excluding diaryl/α,β-unsaturated/α-hetero) is 2. The molecule has 5 nitrogen and oxygen atoms in total. The van der Waals surface area contributed by atoms with Gasteiger partial charge in [-0.3, -0.25) is 14.4 Å².